The SMILES string of the molecule is CNC(CCc1cccs1)c1ccc(C)c(Cl)c1. The third kappa shape index (κ3) is 3.35. The van der Waals surface area contributed by atoms with E-state index < -0.39 is 0 Å². The van der Waals surface area contributed by atoms with Gasteiger partial charge in [0.2, 0.25) is 0 Å². The van der Waals surface area contributed by atoms with Gasteiger partial charge in [0.1, 0.15) is 0 Å². The molecule has 1 N–H and O–H groups in total. The summed E-state index contributed by atoms with van der Waals surface area (Å²) in [4.78, 5) is 1.44. The van der Waals surface area contributed by atoms with Crippen molar-refractivity contribution in [1.29, 1.82) is 0 Å². The Morgan fingerprint density at radius 1 is 1.33 bits per heavy atom. The first-order valence-corrected chi connectivity index (χ1v) is 7.42. The molecule has 2 aromatic rings. The van der Waals surface area contributed by atoms with Gasteiger partial charge in [0.25, 0.3) is 0 Å². The zero-order valence-electron chi connectivity index (χ0n) is 10.7. The van der Waals surface area contributed by atoms with Gasteiger partial charge in [-0.2, -0.15) is 0 Å². The van der Waals surface area contributed by atoms with E-state index in [1.54, 1.807) is 0 Å². The maximum atomic E-state index is 6.19. The van der Waals surface area contributed by atoms with Gasteiger partial charge in [0.15, 0.2) is 0 Å². The van der Waals surface area contributed by atoms with Crippen molar-refractivity contribution in [1.82, 2.24) is 5.32 Å². The van der Waals surface area contributed by atoms with Crippen LogP contribution in [0.25, 0.3) is 0 Å². The molecule has 3 heteroatoms. The lowest BCUT2D eigenvalue weighted by Crippen LogP contribution is -2.17. The summed E-state index contributed by atoms with van der Waals surface area (Å²) in [6.45, 7) is 2.03. The Morgan fingerprint density at radius 2 is 2.17 bits per heavy atom. The Hall–Kier alpha value is -0.830. The molecule has 1 unspecified atom stereocenters. The lowest BCUT2D eigenvalue weighted by atomic mass is 10.0. The Morgan fingerprint density at radius 3 is 2.78 bits per heavy atom. The molecule has 0 amide bonds. The molecule has 0 bridgehead atoms. The predicted molar refractivity (Wildman–Crippen MR) is 80.6 cm³/mol. The molecule has 0 radical (unpaired) electrons. The van der Waals surface area contributed by atoms with Gasteiger partial charge in [-0.3, -0.25) is 0 Å². The molecule has 96 valence electrons. The molecule has 0 spiro atoms. The number of nitrogens with one attached hydrogen (secondary N) is 1. The second-order valence-corrected chi connectivity index (χ2v) is 5.91. The minimum atomic E-state index is 0.366. The number of benzene rings is 1. The lowest BCUT2D eigenvalue weighted by Gasteiger charge is -2.17. The van der Waals surface area contributed by atoms with Crippen LogP contribution < -0.4 is 5.32 Å². The molecule has 0 aliphatic rings. The highest BCUT2D eigenvalue weighted by Gasteiger charge is 2.10. The molecule has 1 atom stereocenters. The highest BCUT2D eigenvalue weighted by Crippen LogP contribution is 2.25. The summed E-state index contributed by atoms with van der Waals surface area (Å²) in [6.07, 6.45) is 2.20. The lowest BCUT2D eigenvalue weighted by molar-refractivity contribution is 0.551. The van der Waals surface area contributed by atoms with Gasteiger partial charge < -0.3 is 5.32 Å². The summed E-state index contributed by atoms with van der Waals surface area (Å²) in [6, 6.07) is 11.0. The molecular formula is C15H18ClNS. The first kappa shape index (κ1) is 13.6. The van der Waals surface area contributed by atoms with Gasteiger partial charge in [-0.05, 0) is 55.5 Å². The maximum absolute atomic E-state index is 6.19. The third-order valence-corrected chi connectivity index (χ3v) is 4.55. The van der Waals surface area contributed by atoms with E-state index in [0.29, 0.717) is 6.04 Å². The molecule has 0 aliphatic carbocycles. The zero-order valence-corrected chi connectivity index (χ0v) is 12.3. The highest BCUT2D eigenvalue weighted by atomic mass is 35.5. The van der Waals surface area contributed by atoms with E-state index in [2.05, 4.69) is 41.0 Å². The number of thiophene rings is 1. The average Bonchev–Trinajstić information content (AvgIpc) is 2.87. The molecule has 1 aromatic heterocycles. The van der Waals surface area contributed by atoms with E-state index in [-0.39, 0.29) is 0 Å². The van der Waals surface area contributed by atoms with Crippen LogP contribution in [0.2, 0.25) is 5.02 Å². The fourth-order valence-corrected chi connectivity index (χ4v) is 2.96. The molecule has 1 nitrogen and oxygen atoms in total. The van der Waals surface area contributed by atoms with Crippen LogP contribution in [0.1, 0.15) is 28.5 Å². The topological polar surface area (TPSA) is 12.0 Å². The van der Waals surface area contributed by atoms with Crippen molar-refractivity contribution in [2.24, 2.45) is 0 Å². The minimum Gasteiger partial charge on any atom is -0.313 e. The van der Waals surface area contributed by atoms with E-state index >= 15 is 0 Å². The van der Waals surface area contributed by atoms with E-state index in [0.717, 1.165) is 23.4 Å². The Labute approximate surface area is 118 Å². The van der Waals surface area contributed by atoms with Crippen molar-refractivity contribution in [3.8, 4) is 0 Å². The van der Waals surface area contributed by atoms with Crippen molar-refractivity contribution >= 4 is 22.9 Å². The predicted octanol–water partition coefficient (Wildman–Crippen LogP) is 4.60. The Bertz CT molecular complexity index is 493. The van der Waals surface area contributed by atoms with Gasteiger partial charge in [-0.15, -0.1) is 11.3 Å². The van der Waals surface area contributed by atoms with Crippen LogP contribution in [-0.4, -0.2) is 7.05 Å². The van der Waals surface area contributed by atoms with Crippen LogP contribution in [0, 0.1) is 6.92 Å². The van der Waals surface area contributed by atoms with Gasteiger partial charge in [-0.1, -0.05) is 29.8 Å². The monoisotopic (exact) mass is 279 g/mol. The van der Waals surface area contributed by atoms with Gasteiger partial charge in [-0.25, -0.2) is 0 Å². The molecular weight excluding hydrogens is 262 g/mol. The summed E-state index contributed by atoms with van der Waals surface area (Å²) in [5, 5.41) is 6.36. The molecule has 2 rings (SSSR count). The summed E-state index contributed by atoms with van der Waals surface area (Å²) >= 11 is 8.01. The van der Waals surface area contributed by atoms with Crippen molar-refractivity contribution in [2.75, 3.05) is 7.05 Å². The zero-order chi connectivity index (χ0) is 13.0. The van der Waals surface area contributed by atoms with E-state index in [1.807, 2.05) is 25.3 Å². The molecule has 0 aliphatic heterocycles. The van der Waals surface area contributed by atoms with Crippen LogP contribution in [0.15, 0.2) is 35.7 Å². The van der Waals surface area contributed by atoms with Gasteiger partial charge in [0, 0.05) is 15.9 Å². The van der Waals surface area contributed by atoms with Gasteiger partial charge in [0.05, 0.1) is 0 Å². The summed E-state index contributed by atoms with van der Waals surface area (Å²) < 4.78 is 0. The molecule has 0 saturated heterocycles. The fourth-order valence-electron chi connectivity index (χ4n) is 2.04. The number of aryl methyl sites for hydroxylation is 2. The summed E-state index contributed by atoms with van der Waals surface area (Å²) in [5.41, 5.74) is 2.40. The second kappa shape index (κ2) is 6.37. The highest BCUT2D eigenvalue weighted by molar-refractivity contribution is 7.09. The van der Waals surface area contributed by atoms with Crippen LogP contribution in [0.5, 0.6) is 0 Å². The summed E-state index contributed by atoms with van der Waals surface area (Å²) in [7, 11) is 2.01. The largest absolute Gasteiger partial charge is 0.313 e. The minimum absolute atomic E-state index is 0.366. The van der Waals surface area contributed by atoms with E-state index in [9.17, 15) is 0 Å². The average molecular weight is 280 g/mol. The van der Waals surface area contributed by atoms with Crippen molar-refractivity contribution in [3.63, 3.8) is 0 Å². The van der Waals surface area contributed by atoms with E-state index in [4.69, 9.17) is 11.6 Å². The number of halogens is 1. The van der Waals surface area contributed by atoms with Crippen LogP contribution in [-0.2, 0) is 6.42 Å². The number of hydrogen-bond acceptors (Lipinski definition) is 2. The van der Waals surface area contributed by atoms with E-state index in [1.165, 1.54) is 10.4 Å². The first-order valence-electron chi connectivity index (χ1n) is 6.16. The number of rotatable bonds is 5. The third-order valence-electron chi connectivity index (χ3n) is 3.21. The Balaban J connectivity index is 2.05. The number of hydrogen-bond donors (Lipinski definition) is 1. The van der Waals surface area contributed by atoms with Crippen molar-refractivity contribution < 1.29 is 0 Å². The molecule has 0 saturated carbocycles. The summed E-state index contributed by atoms with van der Waals surface area (Å²) in [5.74, 6) is 0. The van der Waals surface area contributed by atoms with Crippen molar-refractivity contribution in [2.45, 2.75) is 25.8 Å². The first-order chi connectivity index (χ1) is 8.70. The fraction of sp³-hybridized carbons (Fsp3) is 0.333. The van der Waals surface area contributed by atoms with Crippen molar-refractivity contribution in [3.05, 3.63) is 56.7 Å². The maximum Gasteiger partial charge on any atom is 0.0438 e. The van der Waals surface area contributed by atoms with Crippen LogP contribution >= 0.6 is 22.9 Å². The normalized spacial score (nSPS) is 12.6. The van der Waals surface area contributed by atoms with Crippen LogP contribution in [0.3, 0.4) is 0 Å². The molecule has 1 aromatic carbocycles. The van der Waals surface area contributed by atoms with Gasteiger partial charge >= 0.3 is 0 Å². The van der Waals surface area contributed by atoms with Crippen LogP contribution in [0.4, 0.5) is 0 Å². The molecule has 1 heterocycles. The quantitative estimate of drug-likeness (QED) is 0.843. The second-order valence-electron chi connectivity index (χ2n) is 4.47. The Kier molecular flexibility index (Phi) is 4.81. The molecule has 0 fully saturated rings. The standard InChI is InChI=1S/C15H18ClNS/c1-11-5-6-12(10-14(11)16)15(17-2)8-7-13-4-3-9-18-13/h3-6,9-10,15,17H,7-8H2,1-2H3. The molecule has 18 heavy (non-hydrogen) atoms. The smallest absolute Gasteiger partial charge is 0.0438 e.